The van der Waals surface area contributed by atoms with Crippen LogP contribution in [-0.4, -0.2) is 66.9 Å². The van der Waals surface area contributed by atoms with Gasteiger partial charge < -0.3 is 24.7 Å². The lowest BCUT2D eigenvalue weighted by molar-refractivity contribution is -0.123. The van der Waals surface area contributed by atoms with Gasteiger partial charge in [-0.1, -0.05) is 12.1 Å². The minimum Gasteiger partial charge on any atom is -0.491 e. The summed E-state index contributed by atoms with van der Waals surface area (Å²) < 4.78 is 12.5. The van der Waals surface area contributed by atoms with Crippen LogP contribution >= 0.6 is 12.4 Å². The lowest BCUT2D eigenvalue weighted by atomic mass is 10.1. The number of nitrogens with zero attached hydrogens (tertiary/aromatic N) is 3. The van der Waals surface area contributed by atoms with Crippen molar-refractivity contribution < 1.29 is 14.3 Å². The Balaban J connectivity index is 0.00000300. The smallest absolute Gasteiger partial charge is 0.234 e. The van der Waals surface area contributed by atoms with E-state index in [0.717, 1.165) is 36.8 Å². The first-order chi connectivity index (χ1) is 13.7. The first kappa shape index (κ1) is 23.2. The number of nitrogens with one attached hydrogen (secondary N) is 2. The Morgan fingerprint density at radius 2 is 2.10 bits per heavy atom. The number of carbonyl (C=O) groups is 1. The molecule has 1 aromatic carbocycles. The summed E-state index contributed by atoms with van der Waals surface area (Å²) in [4.78, 5) is 19.1. The van der Waals surface area contributed by atoms with Gasteiger partial charge in [0.1, 0.15) is 18.2 Å². The molecule has 1 saturated heterocycles. The molecule has 0 radical (unpaired) electrons. The van der Waals surface area contributed by atoms with Crippen LogP contribution in [0.2, 0.25) is 0 Å². The number of methoxy groups -OCH3 is 1. The van der Waals surface area contributed by atoms with Crippen LogP contribution < -0.4 is 15.4 Å². The maximum atomic E-state index is 12.5. The van der Waals surface area contributed by atoms with E-state index in [4.69, 9.17) is 9.47 Å². The second kappa shape index (κ2) is 11.8. The van der Waals surface area contributed by atoms with Gasteiger partial charge in [-0.25, -0.2) is 4.98 Å². The molecule has 1 aromatic heterocycles. The second-order valence-corrected chi connectivity index (χ2v) is 6.85. The Labute approximate surface area is 178 Å². The van der Waals surface area contributed by atoms with Gasteiger partial charge >= 0.3 is 0 Å². The molecule has 1 fully saturated rings. The summed E-state index contributed by atoms with van der Waals surface area (Å²) in [6.45, 7) is 4.42. The molecule has 0 spiro atoms. The van der Waals surface area contributed by atoms with E-state index in [0.29, 0.717) is 26.3 Å². The largest absolute Gasteiger partial charge is 0.491 e. The molecule has 1 amide bonds. The van der Waals surface area contributed by atoms with Crippen molar-refractivity contribution >= 4 is 18.3 Å². The van der Waals surface area contributed by atoms with E-state index in [1.54, 1.807) is 13.3 Å². The molecule has 3 rings (SSSR count). The van der Waals surface area contributed by atoms with E-state index in [-0.39, 0.29) is 24.4 Å². The number of imidazole rings is 1. The van der Waals surface area contributed by atoms with Crippen LogP contribution in [0.4, 0.5) is 0 Å². The SMILES string of the molecule is COCCOc1ccc(CNC(=O)CN2CCNCC2c2nccn2C)cc1.Cl. The average molecular weight is 424 g/mol. The Hall–Kier alpha value is -2.13. The molecule has 29 heavy (non-hydrogen) atoms. The van der Waals surface area contributed by atoms with E-state index in [9.17, 15) is 4.79 Å². The fraction of sp³-hybridized carbons (Fsp3) is 0.500. The highest BCUT2D eigenvalue weighted by atomic mass is 35.5. The zero-order valence-corrected chi connectivity index (χ0v) is 17.8. The predicted octanol–water partition coefficient (Wildman–Crippen LogP) is 1.13. The number of hydrogen-bond acceptors (Lipinski definition) is 6. The second-order valence-electron chi connectivity index (χ2n) is 6.85. The molecule has 1 aliphatic rings. The van der Waals surface area contributed by atoms with Crippen molar-refractivity contribution in [3.8, 4) is 5.75 Å². The molecule has 0 aliphatic carbocycles. The number of aromatic nitrogens is 2. The standard InChI is InChI=1S/C20H29N5O3.ClH/c1-24-9-8-22-20(24)18-14-21-7-10-25(18)15-19(26)23-13-16-3-5-17(6-4-16)28-12-11-27-2;/h3-6,8-9,18,21H,7,10-15H2,1-2H3,(H,23,26);1H. The zero-order valence-electron chi connectivity index (χ0n) is 17.0. The number of hydrogen-bond donors (Lipinski definition) is 2. The Kier molecular flexibility index (Phi) is 9.40. The fourth-order valence-corrected chi connectivity index (χ4v) is 3.28. The zero-order chi connectivity index (χ0) is 19.8. The third-order valence-corrected chi connectivity index (χ3v) is 4.83. The van der Waals surface area contributed by atoms with Crippen molar-refractivity contribution in [2.24, 2.45) is 7.05 Å². The van der Waals surface area contributed by atoms with E-state index >= 15 is 0 Å². The van der Waals surface area contributed by atoms with E-state index < -0.39 is 0 Å². The average Bonchev–Trinajstić information content (AvgIpc) is 3.14. The highest BCUT2D eigenvalue weighted by molar-refractivity contribution is 5.85. The highest BCUT2D eigenvalue weighted by Gasteiger charge is 2.28. The summed E-state index contributed by atoms with van der Waals surface area (Å²) in [7, 11) is 3.63. The van der Waals surface area contributed by atoms with Crippen molar-refractivity contribution in [2.45, 2.75) is 12.6 Å². The van der Waals surface area contributed by atoms with Gasteiger partial charge in [0, 0.05) is 52.7 Å². The van der Waals surface area contributed by atoms with Crippen LogP contribution in [0.15, 0.2) is 36.7 Å². The van der Waals surface area contributed by atoms with E-state index in [1.807, 2.05) is 42.1 Å². The third kappa shape index (κ3) is 6.71. The maximum absolute atomic E-state index is 12.5. The number of carbonyl (C=O) groups excluding carboxylic acids is 1. The van der Waals surface area contributed by atoms with Gasteiger partial charge in [-0.15, -0.1) is 12.4 Å². The maximum Gasteiger partial charge on any atom is 0.234 e. The van der Waals surface area contributed by atoms with Gasteiger partial charge in [-0.05, 0) is 17.7 Å². The van der Waals surface area contributed by atoms with Crippen LogP contribution in [0.1, 0.15) is 17.4 Å². The number of ether oxygens (including phenoxy) is 2. The molecule has 2 N–H and O–H groups in total. The number of amides is 1. The number of piperazine rings is 1. The number of benzene rings is 1. The van der Waals surface area contributed by atoms with Crippen molar-refractivity contribution in [3.63, 3.8) is 0 Å². The van der Waals surface area contributed by atoms with Gasteiger partial charge in [-0.2, -0.15) is 0 Å². The topological polar surface area (TPSA) is 80.7 Å². The minimum atomic E-state index is 0. The molecule has 0 saturated carbocycles. The van der Waals surface area contributed by atoms with Crippen molar-refractivity contribution in [2.75, 3.05) is 46.5 Å². The van der Waals surface area contributed by atoms with E-state index in [2.05, 4.69) is 20.5 Å². The summed E-state index contributed by atoms with van der Waals surface area (Å²) >= 11 is 0. The fourth-order valence-electron chi connectivity index (χ4n) is 3.28. The Morgan fingerprint density at radius 1 is 1.31 bits per heavy atom. The normalized spacial score (nSPS) is 16.8. The molecule has 160 valence electrons. The summed E-state index contributed by atoms with van der Waals surface area (Å²) in [6, 6.07) is 7.84. The molecule has 1 atom stereocenters. The summed E-state index contributed by atoms with van der Waals surface area (Å²) in [5.41, 5.74) is 1.04. The van der Waals surface area contributed by atoms with Crippen LogP contribution in [0.3, 0.4) is 0 Å². The first-order valence-corrected chi connectivity index (χ1v) is 9.56. The van der Waals surface area contributed by atoms with Crippen molar-refractivity contribution in [1.82, 2.24) is 25.1 Å². The third-order valence-electron chi connectivity index (χ3n) is 4.83. The molecular formula is C20H30ClN5O3. The molecule has 2 heterocycles. The van der Waals surface area contributed by atoms with Crippen molar-refractivity contribution in [1.29, 1.82) is 0 Å². The van der Waals surface area contributed by atoms with Gasteiger partial charge in [-0.3, -0.25) is 9.69 Å². The lowest BCUT2D eigenvalue weighted by Gasteiger charge is -2.35. The molecule has 9 heteroatoms. The number of aryl methyl sites for hydroxylation is 1. The Bertz CT molecular complexity index is 753. The Morgan fingerprint density at radius 3 is 2.79 bits per heavy atom. The molecule has 0 bridgehead atoms. The quantitative estimate of drug-likeness (QED) is 0.588. The first-order valence-electron chi connectivity index (χ1n) is 9.56. The minimum absolute atomic E-state index is 0. The molecule has 1 aliphatic heterocycles. The van der Waals surface area contributed by atoms with Crippen LogP contribution in [-0.2, 0) is 23.1 Å². The number of halogens is 1. The van der Waals surface area contributed by atoms with Gasteiger partial charge in [0.15, 0.2) is 0 Å². The van der Waals surface area contributed by atoms with Crippen LogP contribution in [0, 0.1) is 0 Å². The van der Waals surface area contributed by atoms with Crippen LogP contribution in [0.5, 0.6) is 5.75 Å². The van der Waals surface area contributed by atoms with Gasteiger partial charge in [0.2, 0.25) is 5.91 Å². The summed E-state index contributed by atoms with van der Waals surface area (Å²) in [6.07, 6.45) is 3.73. The summed E-state index contributed by atoms with van der Waals surface area (Å²) in [5.74, 6) is 1.79. The van der Waals surface area contributed by atoms with Gasteiger partial charge in [0.25, 0.3) is 0 Å². The predicted molar refractivity (Wildman–Crippen MR) is 113 cm³/mol. The van der Waals surface area contributed by atoms with E-state index in [1.165, 1.54) is 0 Å². The molecular weight excluding hydrogens is 394 g/mol. The monoisotopic (exact) mass is 423 g/mol. The lowest BCUT2D eigenvalue weighted by Crippen LogP contribution is -2.50. The highest BCUT2D eigenvalue weighted by Crippen LogP contribution is 2.19. The van der Waals surface area contributed by atoms with Gasteiger partial charge in [0.05, 0.1) is 19.2 Å². The van der Waals surface area contributed by atoms with Crippen LogP contribution in [0.25, 0.3) is 0 Å². The van der Waals surface area contributed by atoms with Crippen molar-refractivity contribution in [3.05, 3.63) is 48.0 Å². The molecule has 8 nitrogen and oxygen atoms in total. The number of rotatable bonds is 9. The molecule has 2 aromatic rings. The molecule has 1 unspecified atom stereocenters. The summed E-state index contributed by atoms with van der Waals surface area (Å²) in [5, 5.41) is 6.40.